The molecule has 0 saturated carbocycles. The number of nitrogens with zero attached hydrogens (tertiary/aromatic N) is 1. The normalized spacial score (nSPS) is 24.5. The second-order valence-corrected chi connectivity index (χ2v) is 9.24. The number of ether oxygens (including phenoxy) is 2. The second kappa shape index (κ2) is 8.10. The van der Waals surface area contributed by atoms with E-state index in [-0.39, 0.29) is 46.9 Å². The van der Waals surface area contributed by atoms with Crippen molar-refractivity contribution < 1.29 is 27.1 Å². The molecule has 0 radical (unpaired) electrons. The van der Waals surface area contributed by atoms with Gasteiger partial charge in [-0.15, -0.1) is 0 Å². The maximum Gasteiger partial charge on any atom is 0.260 e. The lowest BCUT2D eigenvalue weighted by Gasteiger charge is -2.30. The van der Waals surface area contributed by atoms with Gasteiger partial charge in [0.1, 0.15) is 11.6 Å². The number of halogens is 2. The average Bonchev–Trinajstić information content (AvgIpc) is 3.20. The lowest BCUT2D eigenvalue weighted by molar-refractivity contribution is -0.137. The molecule has 2 atom stereocenters. The number of rotatable bonds is 6. The van der Waals surface area contributed by atoms with E-state index in [1.54, 1.807) is 4.90 Å². The number of sulfone groups is 1. The first-order chi connectivity index (χ1) is 12.3. The van der Waals surface area contributed by atoms with Crippen molar-refractivity contribution in [3.05, 3.63) is 29.0 Å². The van der Waals surface area contributed by atoms with Crippen molar-refractivity contribution in [3.8, 4) is 5.75 Å². The first-order valence-corrected chi connectivity index (χ1v) is 10.7. The molecule has 2 saturated heterocycles. The monoisotopic (exact) mass is 405 g/mol. The molecule has 1 aromatic carbocycles. The maximum atomic E-state index is 13.1. The predicted molar refractivity (Wildman–Crippen MR) is 94.7 cm³/mol. The van der Waals surface area contributed by atoms with Gasteiger partial charge in [0.05, 0.1) is 22.6 Å². The largest absolute Gasteiger partial charge is 0.482 e. The van der Waals surface area contributed by atoms with Gasteiger partial charge in [-0.05, 0) is 37.5 Å². The summed E-state index contributed by atoms with van der Waals surface area (Å²) in [5.74, 6) is -0.578. The summed E-state index contributed by atoms with van der Waals surface area (Å²) < 4.78 is 47.7. The molecule has 2 unspecified atom stereocenters. The number of carbonyl (C=O) groups excluding carboxylic acids is 1. The molecule has 26 heavy (non-hydrogen) atoms. The molecule has 3 rings (SSSR count). The Bertz CT molecular complexity index is 766. The van der Waals surface area contributed by atoms with Gasteiger partial charge in [0.25, 0.3) is 5.91 Å². The molecule has 0 spiro atoms. The van der Waals surface area contributed by atoms with Crippen LogP contribution in [0.2, 0.25) is 5.02 Å². The van der Waals surface area contributed by atoms with Gasteiger partial charge in [0.15, 0.2) is 16.4 Å². The van der Waals surface area contributed by atoms with Gasteiger partial charge in [-0.2, -0.15) is 0 Å². The van der Waals surface area contributed by atoms with Crippen LogP contribution in [0.4, 0.5) is 4.39 Å². The number of carbonyl (C=O) groups is 1. The number of hydrogen-bond donors (Lipinski definition) is 0. The number of benzene rings is 1. The fourth-order valence-corrected chi connectivity index (χ4v) is 5.25. The first-order valence-electron chi connectivity index (χ1n) is 8.53. The SMILES string of the molecule is O=C(COc1ccc(F)cc1Cl)N(CC1CCCO1)C1CCS(=O)(=O)C1. The average molecular weight is 406 g/mol. The van der Waals surface area contributed by atoms with Crippen molar-refractivity contribution in [2.24, 2.45) is 0 Å². The van der Waals surface area contributed by atoms with Gasteiger partial charge in [0.2, 0.25) is 0 Å². The highest BCUT2D eigenvalue weighted by molar-refractivity contribution is 7.91. The topological polar surface area (TPSA) is 72.9 Å². The molecule has 1 aromatic rings. The van der Waals surface area contributed by atoms with E-state index in [0.717, 1.165) is 18.9 Å². The Hall–Kier alpha value is -1.38. The van der Waals surface area contributed by atoms with E-state index in [1.165, 1.54) is 12.1 Å². The van der Waals surface area contributed by atoms with Gasteiger partial charge < -0.3 is 14.4 Å². The second-order valence-electron chi connectivity index (χ2n) is 6.60. The molecule has 2 fully saturated rings. The highest BCUT2D eigenvalue weighted by Crippen LogP contribution is 2.26. The van der Waals surface area contributed by atoms with E-state index in [0.29, 0.717) is 19.6 Å². The molecule has 0 aromatic heterocycles. The lowest BCUT2D eigenvalue weighted by Crippen LogP contribution is -2.47. The van der Waals surface area contributed by atoms with Crippen LogP contribution < -0.4 is 4.74 Å². The van der Waals surface area contributed by atoms with E-state index in [4.69, 9.17) is 21.1 Å². The van der Waals surface area contributed by atoms with E-state index in [1.807, 2.05) is 0 Å². The summed E-state index contributed by atoms with van der Waals surface area (Å²) in [5.41, 5.74) is 0. The predicted octanol–water partition coefficient (Wildman–Crippen LogP) is 2.05. The number of amides is 1. The van der Waals surface area contributed by atoms with Gasteiger partial charge >= 0.3 is 0 Å². The highest BCUT2D eigenvalue weighted by atomic mass is 35.5. The van der Waals surface area contributed by atoms with Crippen molar-refractivity contribution in [2.75, 3.05) is 31.3 Å². The van der Waals surface area contributed by atoms with Gasteiger partial charge in [0, 0.05) is 19.2 Å². The molecule has 9 heteroatoms. The summed E-state index contributed by atoms with van der Waals surface area (Å²) in [6.45, 7) is 0.700. The molecule has 2 aliphatic heterocycles. The van der Waals surface area contributed by atoms with Crippen molar-refractivity contribution in [1.29, 1.82) is 0 Å². The number of hydrogen-bond acceptors (Lipinski definition) is 5. The van der Waals surface area contributed by atoms with Crippen molar-refractivity contribution >= 4 is 27.3 Å². The van der Waals surface area contributed by atoms with E-state index >= 15 is 0 Å². The third-order valence-corrected chi connectivity index (χ3v) is 6.68. The standard InChI is InChI=1S/C17H21ClFNO5S/c18-15-8-12(19)3-4-16(15)25-10-17(21)20(9-14-2-1-6-24-14)13-5-7-26(22,23)11-13/h3-4,8,13-14H,1-2,5-7,9-11H2. The summed E-state index contributed by atoms with van der Waals surface area (Å²) >= 11 is 5.91. The lowest BCUT2D eigenvalue weighted by atomic mass is 10.1. The maximum absolute atomic E-state index is 13.1. The Morgan fingerprint density at radius 2 is 2.19 bits per heavy atom. The molecule has 2 heterocycles. The minimum Gasteiger partial charge on any atom is -0.482 e. The van der Waals surface area contributed by atoms with Crippen LogP contribution in [-0.2, 0) is 19.4 Å². The zero-order valence-corrected chi connectivity index (χ0v) is 15.8. The molecule has 0 bridgehead atoms. The minimum atomic E-state index is -3.12. The molecule has 0 N–H and O–H groups in total. The van der Waals surface area contributed by atoms with Crippen molar-refractivity contribution in [2.45, 2.75) is 31.4 Å². The van der Waals surface area contributed by atoms with Crippen molar-refractivity contribution in [3.63, 3.8) is 0 Å². The van der Waals surface area contributed by atoms with Crippen LogP contribution in [0.5, 0.6) is 5.75 Å². The van der Waals surface area contributed by atoms with Crippen LogP contribution in [0.25, 0.3) is 0 Å². The molecule has 6 nitrogen and oxygen atoms in total. The molecular formula is C17H21ClFNO5S. The van der Waals surface area contributed by atoms with Crippen LogP contribution in [0.1, 0.15) is 19.3 Å². The van der Waals surface area contributed by atoms with E-state index < -0.39 is 15.7 Å². The smallest absolute Gasteiger partial charge is 0.260 e. The van der Waals surface area contributed by atoms with Crippen molar-refractivity contribution in [1.82, 2.24) is 4.90 Å². The molecule has 0 aliphatic carbocycles. The van der Waals surface area contributed by atoms with Crippen LogP contribution in [0, 0.1) is 5.82 Å². The zero-order chi connectivity index (χ0) is 18.7. The zero-order valence-electron chi connectivity index (χ0n) is 14.2. The molecule has 2 aliphatic rings. The Morgan fingerprint density at radius 3 is 2.81 bits per heavy atom. The Balaban J connectivity index is 1.67. The first kappa shape index (κ1) is 19.4. The minimum absolute atomic E-state index is 0.0389. The fraction of sp³-hybridized carbons (Fsp3) is 0.588. The molecule has 144 valence electrons. The van der Waals surface area contributed by atoms with Crippen LogP contribution in [0.15, 0.2) is 18.2 Å². The Kier molecular flexibility index (Phi) is 6.04. The molecular weight excluding hydrogens is 385 g/mol. The van der Waals surface area contributed by atoms with Crippen LogP contribution in [-0.4, -0.2) is 62.6 Å². The molecule has 1 amide bonds. The van der Waals surface area contributed by atoms with Gasteiger partial charge in [-0.1, -0.05) is 11.6 Å². The summed E-state index contributed by atoms with van der Waals surface area (Å²) in [6.07, 6.45) is 2.10. The van der Waals surface area contributed by atoms with Gasteiger partial charge in [-0.3, -0.25) is 4.79 Å². The highest BCUT2D eigenvalue weighted by Gasteiger charge is 2.36. The summed E-state index contributed by atoms with van der Waals surface area (Å²) in [6, 6.07) is 3.29. The third kappa shape index (κ3) is 4.86. The Morgan fingerprint density at radius 1 is 1.38 bits per heavy atom. The van der Waals surface area contributed by atoms with Gasteiger partial charge in [-0.25, -0.2) is 12.8 Å². The summed E-state index contributed by atoms with van der Waals surface area (Å²) in [5, 5.41) is 0.0759. The van der Waals surface area contributed by atoms with E-state index in [2.05, 4.69) is 0 Å². The summed E-state index contributed by atoms with van der Waals surface area (Å²) in [4.78, 5) is 14.3. The Labute approximate surface area is 157 Å². The third-order valence-electron chi connectivity index (χ3n) is 4.64. The van der Waals surface area contributed by atoms with E-state index in [9.17, 15) is 17.6 Å². The van der Waals surface area contributed by atoms with Crippen LogP contribution in [0.3, 0.4) is 0 Å². The van der Waals surface area contributed by atoms with Crippen LogP contribution >= 0.6 is 11.6 Å². The summed E-state index contributed by atoms with van der Waals surface area (Å²) in [7, 11) is -3.12. The quantitative estimate of drug-likeness (QED) is 0.724. The fourth-order valence-electron chi connectivity index (χ4n) is 3.30.